The fraction of sp³-hybridized carbons (Fsp3) is 0.562. The molecule has 0 radical (unpaired) electrons. The van der Waals surface area contributed by atoms with Crippen molar-refractivity contribution in [3.8, 4) is 0 Å². The van der Waals surface area contributed by atoms with E-state index in [4.69, 9.17) is 5.73 Å². The van der Waals surface area contributed by atoms with Crippen LogP contribution in [0.4, 0.5) is 0 Å². The molecule has 1 fully saturated rings. The molecule has 22 heavy (non-hydrogen) atoms. The van der Waals surface area contributed by atoms with Crippen molar-refractivity contribution in [1.82, 2.24) is 15.2 Å². The average Bonchev–Trinajstić information content (AvgIpc) is 2.59. The van der Waals surface area contributed by atoms with Gasteiger partial charge in [0, 0.05) is 38.6 Å². The quantitative estimate of drug-likeness (QED) is 0.829. The van der Waals surface area contributed by atoms with E-state index < -0.39 is 0 Å². The summed E-state index contributed by atoms with van der Waals surface area (Å²) in [5, 5.41) is 2.81. The first-order valence-electron chi connectivity index (χ1n) is 7.80. The molecule has 2 amide bonds. The van der Waals surface area contributed by atoms with E-state index in [9.17, 15) is 9.59 Å². The zero-order chi connectivity index (χ0) is 15.9. The zero-order valence-corrected chi connectivity index (χ0v) is 13.0. The van der Waals surface area contributed by atoms with Crippen LogP contribution in [0.1, 0.15) is 31.2 Å². The lowest BCUT2D eigenvalue weighted by Crippen LogP contribution is -2.47. The Hall–Kier alpha value is -1.95. The Bertz CT molecular complexity index is 506. The second-order valence-corrected chi connectivity index (χ2v) is 5.71. The van der Waals surface area contributed by atoms with Gasteiger partial charge in [-0.25, -0.2) is 0 Å². The van der Waals surface area contributed by atoms with Crippen LogP contribution in [0.15, 0.2) is 24.5 Å². The van der Waals surface area contributed by atoms with Gasteiger partial charge in [0.2, 0.25) is 11.8 Å². The van der Waals surface area contributed by atoms with E-state index in [0.29, 0.717) is 26.2 Å². The van der Waals surface area contributed by atoms with Crippen LogP contribution in [-0.4, -0.2) is 47.9 Å². The zero-order valence-electron chi connectivity index (χ0n) is 13.0. The second kappa shape index (κ2) is 7.89. The summed E-state index contributed by atoms with van der Waals surface area (Å²) in [6.45, 7) is 4.00. The number of carbonyl (C=O) groups excluding carboxylic acids is 2. The first-order chi connectivity index (χ1) is 10.6. The number of hydrogen-bond acceptors (Lipinski definition) is 4. The molecule has 1 saturated heterocycles. The van der Waals surface area contributed by atoms with Gasteiger partial charge in [0.05, 0.1) is 11.8 Å². The summed E-state index contributed by atoms with van der Waals surface area (Å²) in [6.07, 6.45) is 5.09. The highest BCUT2D eigenvalue weighted by atomic mass is 16.2. The average molecular weight is 304 g/mol. The number of hydrogen-bond donors (Lipinski definition) is 2. The summed E-state index contributed by atoms with van der Waals surface area (Å²) in [6, 6.07) is 3.74. The van der Waals surface area contributed by atoms with Crippen molar-refractivity contribution >= 4 is 11.8 Å². The fourth-order valence-electron chi connectivity index (χ4n) is 2.78. The molecule has 1 aliphatic rings. The van der Waals surface area contributed by atoms with Crippen molar-refractivity contribution in [1.29, 1.82) is 0 Å². The molecule has 0 saturated carbocycles. The third-order valence-corrected chi connectivity index (χ3v) is 4.10. The molecule has 2 unspecified atom stereocenters. The minimum absolute atomic E-state index is 0.00280. The normalized spacial score (nSPS) is 19.5. The summed E-state index contributed by atoms with van der Waals surface area (Å²) in [7, 11) is 0. The highest BCUT2D eigenvalue weighted by Crippen LogP contribution is 2.22. The van der Waals surface area contributed by atoms with Crippen LogP contribution in [-0.2, 0) is 9.59 Å². The van der Waals surface area contributed by atoms with Crippen LogP contribution < -0.4 is 11.1 Å². The van der Waals surface area contributed by atoms with Gasteiger partial charge in [-0.2, -0.15) is 0 Å². The molecule has 2 rings (SSSR count). The molecule has 0 bridgehead atoms. The third-order valence-electron chi connectivity index (χ3n) is 4.10. The summed E-state index contributed by atoms with van der Waals surface area (Å²) in [4.78, 5) is 30.5. The Kier molecular flexibility index (Phi) is 5.89. The van der Waals surface area contributed by atoms with Crippen LogP contribution >= 0.6 is 0 Å². The Balaban J connectivity index is 1.96. The third kappa shape index (κ3) is 4.04. The Labute approximate surface area is 131 Å². The molecular formula is C16H24N4O2. The van der Waals surface area contributed by atoms with Gasteiger partial charge in [-0.05, 0) is 31.4 Å². The van der Waals surface area contributed by atoms with E-state index in [0.717, 1.165) is 18.4 Å². The maximum Gasteiger partial charge on any atom is 0.229 e. The van der Waals surface area contributed by atoms with E-state index in [1.54, 1.807) is 17.3 Å². The Morgan fingerprint density at radius 2 is 2.36 bits per heavy atom. The van der Waals surface area contributed by atoms with Gasteiger partial charge in [-0.1, -0.05) is 6.07 Å². The van der Waals surface area contributed by atoms with Crippen molar-refractivity contribution in [2.24, 2.45) is 11.7 Å². The van der Waals surface area contributed by atoms with Crippen LogP contribution in [0, 0.1) is 5.92 Å². The number of nitrogens with two attached hydrogens (primary N) is 1. The van der Waals surface area contributed by atoms with Crippen LogP contribution in [0.25, 0.3) is 0 Å². The molecular weight excluding hydrogens is 280 g/mol. The molecule has 120 valence electrons. The maximum atomic E-state index is 12.6. The number of likely N-dealkylation sites (tertiary alicyclic amines) is 1. The summed E-state index contributed by atoms with van der Waals surface area (Å²) in [5.74, 6) is -0.314. The van der Waals surface area contributed by atoms with Gasteiger partial charge in [-0.3, -0.25) is 14.6 Å². The number of nitrogens with zero attached hydrogens (tertiary/aromatic N) is 2. The SMILES string of the molecule is CC(C(=O)N1CCCC(C(=O)NCCN)C1)c1cccnc1. The molecule has 0 aliphatic carbocycles. The number of carbonyl (C=O) groups is 2. The smallest absolute Gasteiger partial charge is 0.229 e. The lowest BCUT2D eigenvalue weighted by molar-refractivity contribution is -0.136. The number of pyridine rings is 1. The summed E-state index contributed by atoms with van der Waals surface area (Å²) in [5.41, 5.74) is 6.31. The van der Waals surface area contributed by atoms with Gasteiger partial charge in [0.15, 0.2) is 0 Å². The highest BCUT2D eigenvalue weighted by molar-refractivity contribution is 5.85. The van der Waals surface area contributed by atoms with E-state index in [1.165, 1.54) is 0 Å². The van der Waals surface area contributed by atoms with E-state index in [-0.39, 0.29) is 23.7 Å². The van der Waals surface area contributed by atoms with Crippen LogP contribution in [0.2, 0.25) is 0 Å². The minimum Gasteiger partial charge on any atom is -0.355 e. The first kappa shape index (κ1) is 16.4. The molecule has 6 nitrogen and oxygen atoms in total. The van der Waals surface area contributed by atoms with Crippen molar-refractivity contribution in [2.45, 2.75) is 25.7 Å². The molecule has 2 atom stereocenters. The summed E-state index contributed by atoms with van der Waals surface area (Å²) < 4.78 is 0. The minimum atomic E-state index is -0.237. The van der Waals surface area contributed by atoms with E-state index in [2.05, 4.69) is 10.3 Å². The molecule has 6 heteroatoms. The summed E-state index contributed by atoms with van der Waals surface area (Å²) >= 11 is 0. The van der Waals surface area contributed by atoms with E-state index in [1.807, 2.05) is 19.1 Å². The maximum absolute atomic E-state index is 12.6. The predicted molar refractivity (Wildman–Crippen MR) is 84.0 cm³/mol. The highest BCUT2D eigenvalue weighted by Gasteiger charge is 2.30. The second-order valence-electron chi connectivity index (χ2n) is 5.71. The molecule has 1 aromatic rings. The van der Waals surface area contributed by atoms with Gasteiger partial charge < -0.3 is 16.0 Å². The Morgan fingerprint density at radius 1 is 1.55 bits per heavy atom. The van der Waals surface area contributed by atoms with Crippen LogP contribution in [0.3, 0.4) is 0 Å². The van der Waals surface area contributed by atoms with Crippen molar-refractivity contribution in [3.05, 3.63) is 30.1 Å². The van der Waals surface area contributed by atoms with Crippen LogP contribution in [0.5, 0.6) is 0 Å². The predicted octanol–water partition coefficient (Wildman–Crippen LogP) is 0.499. The van der Waals surface area contributed by atoms with Gasteiger partial charge in [-0.15, -0.1) is 0 Å². The number of aromatic nitrogens is 1. The fourth-order valence-corrected chi connectivity index (χ4v) is 2.78. The van der Waals surface area contributed by atoms with E-state index >= 15 is 0 Å². The van der Waals surface area contributed by atoms with Crippen molar-refractivity contribution < 1.29 is 9.59 Å². The molecule has 3 N–H and O–H groups in total. The number of nitrogens with one attached hydrogen (secondary N) is 1. The standard InChI is InChI=1S/C16H24N4O2/c1-12(13-4-2-7-18-10-13)16(22)20-9-3-5-14(11-20)15(21)19-8-6-17/h2,4,7,10,12,14H,3,5-6,8-9,11,17H2,1H3,(H,19,21). The lowest BCUT2D eigenvalue weighted by Gasteiger charge is -2.33. The van der Waals surface area contributed by atoms with Crippen molar-refractivity contribution in [3.63, 3.8) is 0 Å². The lowest BCUT2D eigenvalue weighted by atomic mass is 9.94. The molecule has 2 heterocycles. The molecule has 0 spiro atoms. The topological polar surface area (TPSA) is 88.3 Å². The number of rotatable bonds is 5. The number of piperidine rings is 1. The number of amides is 2. The molecule has 1 aromatic heterocycles. The van der Waals surface area contributed by atoms with Gasteiger partial charge in [0.1, 0.15) is 0 Å². The molecule has 1 aliphatic heterocycles. The Morgan fingerprint density at radius 3 is 3.05 bits per heavy atom. The van der Waals surface area contributed by atoms with Gasteiger partial charge >= 0.3 is 0 Å². The monoisotopic (exact) mass is 304 g/mol. The first-order valence-corrected chi connectivity index (χ1v) is 7.80. The molecule has 0 aromatic carbocycles. The largest absolute Gasteiger partial charge is 0.355 e. The van der Waals surface area contributed by atoms with Crippen molar-refractivity contribution in [2.75, 3.05) is 26.2 Å². The van der Waals surface area contributed by atoms with Gasteiger partial charge in [0.25, 0.3) is 0 Å².